The Morgan fingerprint density at radius 2 is 1.40 bits per heavy atom. The molecular formula is C16H14Cl2HfO-2. The minimum Gasteiger partial charge on any atom is -1.00 e. The Hall–Kier alpha value is -0.570. The van der Waals surface area contributed by atoms with E-state index < -0.39 is 0 Å². The van der Waals surface area contributed by atoms with Crippen LogP contribution in [-0.2, 0) is 25.8 Å². The van der Waals surface area contributed by atoms with Gasteiger partial charge in [-0.2, -0.15) is 0 Å². The van der Waals surface area contributed by atoms with Crippen LogP contribution in [0.15, 0.2) is 54.1 Å². The molecule has 1 aliphatic rings. The van der Waals surface area contributed by atoms with Gasteiger partial charge >= 0.3 is 0 Å². The van der Waals surface area contributed by atoms with Crippen LogP contribution in [0.4, 0.5) is 0 Å². The van der Waals surface area contributed by atoms with E-state index in [9.17, 15) is 5.11 Å². The second kappa shape index (κ2) is 8.02. The summed E-state index contributed by atoms with van der Waals surface area (Å²) in [7, 11) is 0. The summed E-state index contributed by atoms with van der Waals surface area (Å²) in [5.41, 5.74) is 4.82. The van der Waals surface area contributed by atoms with E-state index in [1.54, 1.807) is 6.07 Å². The molecule has 0 saturated heterocycles. The molecular weight excluding hydrogens is 458 g/mol. The van der Waals surface area contributed by atoms with Gasteiger partial charge in [-0.05, 0) is 24.1 Å². The third kappa shape index (κ3) is 3.36. The van der Waals surface area contributed by atoms with Crippen LogP contribution in [0.3, 0.4) is 0 Å². The van der Waals surface area contributed by atoms with Gasteiger partial charge in [0.05, 0.1) is 0 Å². The molecule has 0 radical (unpaired) electrons. The molecule has 0 bridgehead atoms. The Bertz CT molecular complexity index is 611. The third-order valence-corrected chi connectivity index (χ3v) is 3.39. The van der Waals surface area contributed by atoms with Crippen molar-refractivity contribution < 1.29 is 55.8 Å². The van der Waals surface area contributed by atoms with Gasteiger partial charge in [0.1, 0.15) is 5.75 Å². The van der Waals surface area contributed by atoms with Crippen LogP contribution < -0.4 is 24.8 Å². The van der Waals surface area contributed by atoms with Gasteiger partial charge in [-0.25, -0.2) is 0 Å². The summed E-state index contributed by atoms with van der Waals surface area (Å²) in [5.74, 6) is 0.578. The average molecular weight is 472 g/mol. The molecule has 4 heteroatoms. The number of aromatic hydroxyl groups is 1. The SMILES string of the molecule is CC1=Cc2ccccc2C1c1ccccc1O.[Cl-].[Cl-].[Hf]. The van der Waals surface area contributed by atoms with E-state index in [-0.39, 0.29) is 56.6 Å². The first-order valence-corrected chi connectivity index (χ1v) is 5.82. The molecule has 0 spiro atoms. The van der Waals surface area contributed by atoms with Gasteiger partial charge < -0.3 is 29.9 Å². The Labute approximate surface area is 150 Å². The molecule has 1 aliphatic carbocycles. The molecule has 1 N–H and O–H groups in total. The fourth-order valence-corrected chi connectivity index (χ4v) is 2.62. The number of halogens is 2. The van der Waals surface area contributed by atoms with Crippen LogP contribution in [0.2, 0.25) is 0 Å². The minimum atomic E-state index is 0. The summed E-state index contributed by atoms with van der Waals surface area (Å²) < 4.78 is 0. The Kier molecular flexibility index (Phi) is 7.79. The zero-order valence-electron chi connectivity index (χ0n) is 11.0. The first-order chi connectivity index (χ1) is 8.27. The molecule has 0 saturated carbocycles. The van der Waals surface area contributed by atoms with E-state index >= 15 is 0 Å². The van der Waals surface area contributed by atoms with Crippen molar-refractivity contribution >= 4 is 6.08 Å². The van der Waals surface area contributed by atoms with Crippen molar-refractivity contribution in [2.24, 2.45) is 0 Å². The maximum atomic E-state index is 9.99. The molecule has 0 aromatic heterocycles. The van der Waals surface area contributed by atoms with Gasteiger partial charge in [0, 0.05) is 37.3 Å². The van der Waals surface area contributed by atoms with Crippen molar-refractivity contribution in [1.82, 2.24) is 0 Å². The number of hydrogen-bond donors (Lipinski definition) is 1. The summed E-state index contributed by atoms with van der Waals surface area (Å²) >= 11 is 0. The van der Waals surface area contributed by atoms with Gasteiger partial charge in [-0.1, -0.05) is 54.1 Å². The second-order valence-electron chi connectivity index (χ2n) is 4.51. The Morgan fingerprint density at radius 3 is 2.05 bits per heavy atom. The zero-order chi connectivity index (χ0) is 11.8. The summed E-state index contributed by atoms with van der Waals surface area (Å²) in [6.07, 6.45) is 2.20. The van der Waals surface area contributed by atoms with Crippen molar-refractivity contribution in [3.05, 3.63) is 70.8 Å². The molecule has 0 heterocycles. The summed E-state index contributed by atoms with van der Waals surface area (Å²) in [4.78, 5) is 0. The average Bonchev–Trinajstić information content (AvgIpc) is 2.66. The third-order valence-electron chi connectivity index (χ3n) is 3.39. The maximum absolute atomic E-state index is 9.99. The normalized spacial score (nSPS) is 15.1. The largest absolute Gasteiger partial charge is 1.00 e. The zero-order valence-corrected chi connectivity index (χ0v) is 16.1. The van der Waals surface area contributed by atoms with Crippen LogP contribution >= 0.6 is 0 Å². The van der Waals surface area contributed by atoms with Crippen LogP contribution in [-0.4, -0.2) is 5.11 Å². The summed E-state index contributed by atoms with van der Waals surface area (Å²) in [5, 5.41) is 9.99. The van der Waals surface area contributed by atoms with Crippen LogP contribution in [0.25, 0.3) is 6.08 Å². The first kappa shape index (κ1) is 19.4. The monoisotopic (exact) mass is 472 g/mol. The number of allylic oxidation sites excluding steroid dienone is 1. The van der Waals surface area contributed by atoms with Crippen molar-refractivity contribution in [3.63, 3.8) is 0 Å². The maximum Gasteiger partial charge on any atom is 0.119 e. The quantitative estimate of drug-likeness (QED) is 0.475. The molecule has 3 rings (SSSR count). The van der Waals surface area contributed by atoms with E-state index in [4.69, 9.17) is 0 Å². The predicted octanol–water partition coefficient (Wildman–Crippen LogP) is -2.05. The number of rotatable bonds is 1. The van der Waals surface area contributed by atoms with Gasteiger partial charge in [0.2, 0.25) is 0 Å². The summed E-state index contributed by atoms with van der Waals surface area (Å²) in [6, 6.07) is 16.0. The predicted molar refractivity (Wildman–Crippen MR) is 70.0 cm³/mol. The van der Waals surface area contributed by atoms with Gasteiger partial charge in [-0.3, -0.25) is 0 Å². The standard InChI is InChI=1S/C16H14O.2ClH.Hf/c1-11-10-12-6-2-3-7-13(12)16(11)14-8-4-5-9-15(14)17;;;/h2-10,16-17H,1H3;2*1H;/p-2. The van der Waals surface area contributed by atoms with Crippen molar-refractivity contribution in [1.29, 1.82) is 0 Å². The molecule has 20 heavy (non-hydrogen) atoms. The van der Waals surface area contributed by atoms with Crippen molar-refractivity contribution in [3.8, 4) is 5.75 Å². The molecule has 104 valence electrons. The fraction of sp³-hybridized carbons (Fsp3) is 0.125. The van der Waals surface area contributed by atoms with Gasteiger partial charge in [-0.15, -0.1) is 0 Å². The van der Waals surface area contributed by atoms with Crippen molar-refractivity contribution in [2.75, 3.05) is 0 Å². The van der Waals surface area contributed by atoms with E-state index in [0.717, 1.165) is 5.56 Å². The number of hydrogen-bond acceptors (Lipinski definition) is 1. The molecule has 2 aromatic rings. The molecule has 0 fully saturated rings. The number of benzene rings is 2. The number of fused-ring (bicyclic) bond motifs is 1. The van der Waals surface area contributed by atoms with E-state index in [0.29, 0.717) is 5.75 Å². The van der Waals surface area contributed by atoms with E-state index in [2.05, 4.69) is 37.3 Å². The van der Waals surface area contributed by atoms with Crippen molar-refractivity contribution in [2.45, 2.75) is 12.8 Å². The number of phenols is 1. The smallest absolute Gasteiger partial charge is 0.119 e. The molecule has 1 unspecified atom stereocenters. The number of para-hydroxylation sites is 1. The summed E-state index contributed by atoms with van der Waals surface area (Å²) in [6.45, 7) is 2.12. The van der Waals surface area contributed by atoms with Crippen LogP contribution in [0.1, 0.15) is 29.5 Å². The number of phenolic OH excluding ortho intramolecular Hbond substituents is 1. The fourth-order valence-electron chi connectivity index (χ4n) is 2.62. The first-order valence-electron chi connectivity index (χ1n) is 5.82. The molecule has 0 aliphatic heterocycles. The Balaban J connectivity index is 0.00000120. The topological polar surface area (TPSA) is 20.2 Å². The Morgan fingerprint density at radius 1 is 0.850 bits per heavy atom. The van der Waals surface area contributed by atoms with Crippen LogP contribution in [0.5, 0.6) is 5.75 Å². The minimum absolute atomic E-state index is 0. The molecule has 1 nitrogen and oxygen atoms in total. The molecule has 2 aromatic carbocycles. The van der Waals surface area contributed by atoms with E-state index in [1.165, 1.54) is 16.7 Å². The van der Waals surface area contributed by atoms with E-state index in [1.807, 2.05) is 18.2 Å². The molecule has 0 amide bonds. The van der Waals surface area contributed by atoms with Gasteiger partial charge in [0.15, 0.2) is 0 Å². The van der Waals surface area contributed by atoms with Gasteiger partial charge in [0.25, 0.3) is 0 Å². The van der Waals surface area contributed by atoms with Crippen LogP contribution in [0, 0.1) is 0 Å². The second-order valence-corrected chi connectivity index (χ2v) is 4.51. The molecule has 1 atom stereocenters.